The molecule has 0 aliphatic carbocycles. The van der Waals surface area contributed by atoms with Gasteiger partial charge in [-0.25, -0.2) is 0 Å². The van der Waals surface area contributed by atoms with E-state index in [1.807, 2.05) is 42.5 Å². The Kier molecular flexibility index (Phi) is 3.65. The maximum Gasteiger partial charge on any atom is 0.357 e. The van der Waals surface area contributed by atoms with Gasteiger partial charge in [-0.15, -0.1) is 0 Å². The molecule has 0 radical (unpaired) electrons. The predicted octanol–water partition coefficient (Wildman–Crippen LogP) is 4.34. The standard InChI is InChI=1S/C20H15N3O3/c1-22-17-12-5-4-10-15(17)18(19(20(22)24)23(25)26)21-16-11-6-8-13-7-2-3-9-14(13)16/h2-12,21H,1H3. The number of nitrogens with one attached hydrogen (secondary N) is 1. The van der Waals surface area contributed by atoms with Crippen LogP contribution in [-0.4, -0.2) is 9.49 Å². The molecule has 0 unspecified atom stereocenters. The van der Waals surface area contributed by atoms with Gasteiger partial charge in [-0.05, 0) is 17.5 Å². The van der Waals surface area contributed by atoms with Crippen molar-refractivity contribution in [3.63, 3.8) is 0 Å². The number of fused-ring (bicyclic) bond motifs is 2. The molecule has 0 saturated heterocycles. The summed E-state index contributed by atoms with van der Waals surface area (Å²) in [7, 11) is 1.54. The Balaban J connectivity index is 2.05. The van der Waals surface area contributed by atoms with Crippen LogP contribution >= 0.6 is 0 Å². The van der Waals surface area contributed by atoms with Gasteiger partial charge in [0, 0.05) is 23.5 Å². The van der Waals surface area contributed by atoms with Gasteiger partial charge in [-0.1, -0.05) is 54.6 Å². The fraction of sp³-hybridized carbons (Fsp3) is 0.0500. The summed E-state index contributed by atoms with van der Waals surface area (Å²) in [6.45, 7) is 0. The van der Waals surface area contributed by atoms with Gasteiger partial charge in [0.15, 0.2) is 0 Å². The summed E-state index contributed by atoms with van der Waals surface area (Å²) in [6, 6.07) is 20.6. The lowest BCUT2D eigenvalue weighted by Crippen LogP contribution is -2.22. The number of anilines is 2. The number of rotatable bonds is 3. The van der Waals surface area contributed by atoms with Gasteiger partial charge in [-0.3, -0.25) is 14.9 Å². The van der Waals surface area contributed by atoms with Crippen molar-refractivity contribution >= 4 is 38.7 Å². The molecular weight excluding hydrogens is 330 g/mol. The maximum atomic E-state index is 12.6. The van der Waals surface area contributed by atoms with Crippen molar-refractivity contribution in [3.05, 3.63) is 87.2 Å². The van der Waals surface area contributed by atoms with E-state index >= 15 is 0 Å². The van der Waals surface area contributed by atoms with Crippen LogP contribution in [0.1, 0.15) is 0 Å². The van der Waals surface area contributed by atoms with Gasteiger partial charge >= 0.3 is 11.2 Å². The van der Waals surface area contributed by atoms with Crippen LogP contribution in [0.3, 0.4) is 0 Å². The van der Waals surface area contributed by atoms with Crippen molar-refractivity contribution < 1.29 is 4.92 Å². The molecule has 1 N–H and O–H groups in total. The van der Waals surface area contributed by atoms with Crippen LogP contribution < -0.4 is 10.9 Å². The summed E-state index contributed by atoms with van der Waals surface area (Å²) in [4.78, 5) is 23.6. The number of para-hydroxylation sites is 1. The molecule has 26 heavy (non-hydrogen) atoms. The molecule has 1 heterocycles. The fourth-order valence-corrected chi connectivity index (χ4v) is 3.25. The number of benzene rings is 3. The third-order valence-corrected chi connectivity index (χ3v) is 4.51. The molecule has 4 aromatic rings. The molecule has 1 aromatic heterocycles. The third-order valence-electron chi connectivity index (χ3n) is 4.51. The molecule has 0 spiro atoms. The summed E-state index contributed by atoms with van der Waals surface area (Å²) < 4.78 is 1.31. The van der Waals surface area contributed by atoms with E-state index in [0.29, 0.717) is 16.6 Å². The Morgan fingerprint density at radius 1 is 0.923 bits per heavy atom. The smallest absolute Gasteiger partial charge is 0.349 e. The average Bonchev–Trinajstić information content (AvgIpc) is 2.66. The SMILES string of the molecule is Cn1c(=O)c([N+](=O)[O-])c(Nc2cccc3ccccc23)c2ccccc21. The van der Waals surface area contributed by atoms with Crippen LogP contribution in [0.5, 0.6) is 0 Å². The van der Waals surface area contributed by atoms with Gasteiger partial charge in [-0.2, -0.15) is 0 Å². The van der Waals surface area contributed by atoms with E-state index in [9.17, 15) is 14.9 Å². The lowest BCUT2D eigenvalue weighted by Gasteiger charge is -2.14. The van der Waals surface area contributed by atoms with E-state index in [-0.39, 0.29) is 5.69 Å². The number of nitrogens with zero attached hydrogens (tertiary/aromatic N) is 2. The van der Waals surface area contributed by atoms with Gasteiger partial charge < -0.3 is 9.88 Å². The second-order valence-corrected chi connectivity index (χ2v) is 6.01. The zero-order valence-corrected chi connectivity index (χ0v) is 14.0. The van der Waals surface area contributed by atoms with Crippen molar-refractivity contribution in [2.45, 2.75) is 0 Å². The monoisotopic (exact) mass is 345 g/mol. The molecule has 3 aromatic carbocycles. The number of hydrogen-bond donors (Lipinski definition) is 1. The van der Waals surface area contributed by atoms with Crippen LogP contribution in [-0.2, 0) is 7.05 Å². The highest BCUT2D eigenvalue weighted by Crippen LogP contribution is 2.34. The van der Waals surface area contributed by atoms with E-state index in [1.54, 1.807) is 31.3 Å². The zero-order valence-electron chi connectivity index (χ0n) is 14.0. The second-order valence-electron chi connectivity index (χ2n) is 6.01. The topological polar surface area (TPSA) is 77.2 Å². The van der Waals surface area contributed by atoms with Crippen molar-refractivity contribution in [1.82, 2.24) is 4.57 Å². The average molecular weight is 345 g/mol. The van der Waals surface area contributed by atoms with Gasteiger partial charge in [0.25, 0.3) is 0 Å². The normalized spacial score (nSPS) is 11.0. The highest BCUT2D eigenvalue weighted by Gasteiger charge is 2.25. The first-order valence-electron chi connectivity index (χ1n) is 8.09. The molecule has 0 amide bonds. The Bertz CT molecular complexity index is 1220. The van der Waals surface area contributed by atoms with Crippen molar-refractivity contribution in [3.8, 4) is 0 Å². The van der Waals surface area contributed by atoms with Gasteiger partial charge in [0.05, 0.1) is 10.4 Å². The molecule has 6 nitrogen and oxygen atoms in total. The lowest BCUT2D eigenvalue weighted by atomic mass is 10.1. The van der Waals surface area contributed by atoms with E-state index in [4.69, 9.17) is 0 Å². The van der Waals surface area contributed by atoms with Gasteiger partial charge in [0.1, 0.15) is 5.69 Å². The van der Waals surface area contributed by atoms with Crippen LogP contribution in [0.15, 0.2) is 71.5 Å². The summed E-state index contributed by atoms with van der Waals surface area (Å²) in [6.07, 6.45) is 0. The molecule has 0 saturated carbocycles. The molecule has 0 fully saturated rings. The largest absolute Gasteiger partial charge is 0.357 e. The van der Waals surface area contributed by atoms with E-state index in [0.717, 1.165) is 10.8 Å². The first kappa shape index (κ1) is 15.8. The minimum absolute atomic E-state index is 0.213. The summed E-state index contributed by atoms with van der Waals surface area (Å²) >= 11 is 0. The molecule has 6 heteroatoms. The highest BCUT2D eigenvalue weighted by molar-refractivity contribution is 6.02. The predicted molar refractivity (Wildman–Crippen MR) is 103 cm³/mol. The van der Waals surface area contributed by atoms with E-state index in [2.05, 4.69) is 5.32 Å². The Morgan fingerprint density at radius 3 is 2.35 bits per heavy atom. The molecule has 0 aliphatic heterocycles. The lowest BCUT2D eigenvalue weighted by molar-refractivity contribution is -0.385. The van der Waals surface area contributed by atoms with Gasteiger partial charge in [0.2, 0.25) is 0 Å². The molecule has 0 atom stereocenters. The van der Waals surface area contributed by atoms with Crippen LogP contribution in [0, 0.1) is 10.1 Å². The Labute approximate surface area is 148 Å². The Hall–Kier alpha value is -3.67. The minimum Gasteiger partial charge on any atom is -0.349 e. The second kappa shape index (κ2) is 6.00. The molecule has 4 rings (SSSR count). The number of nitro groups is 1. The molecule has 128 valence electrons. The van der Waals surface area contributed by atoms with Crippen molar-refractivity contribution in [1.29, 1.82) is 0 Å². The van der Waals surface area contributed by atoms with Crippen LogP contribution in [0.25, 0.3) is 21.7 Å². The first-order valence-corrected chi connectivity index (χ1v) is 8.09. The first-order chi connectivity index (χ1) is 12.6. The number of pyridine rings is 1. The number of hydrogen-bond acceptors (Lipinski definition) is 4. The molecule has 0 aliphatic rings. The number of aryl methyl sites for hydroxylation is 1. The summed E-state index contributed by atoms with van der Waals surface area (Å²) in [5.41, 5.74) is 0.455. The van der Waals surface area contributed by atoms with Crippen LogP contribution in [0.2, 0.25) is 0 Å². The zero-order chi connectivity index (χ0) is 18.3. The summed E-state index contributed by atoms with van der Waals surface area (Å²) in [5.74, 6) is 0. The quantitative estimate of drug-likeness (QED) is 0.442. The molecule has 0 bridgehead atoms. The minimum atomic E-state index is -0.642. The maximum absolute atomic E-state index is 12.6. The Morgan fingerprint density at radius 2 is 1.58 bits per heavy atom. The van der Waals surface area contributed by atoms with E-state index < -0.39 is 16.2 Å². The highest BCUT2D eigenvalue weighted by atomic mass is 16.6. The molecular formula is C20H15N3O3. The van der Waals surface area contributed by atoms with Crippen molar-refractivity contribution in [2.24, 2.45) is 7.05 Å². The fourth-order valence-electron chi connectivity index (χ4n) is 3.25. The summed E-state index contributed by atoms with van der Waals surface area (Å²) in [5, 5.41) is 17.3. The van der Waals surface area contributed by atoms with E-state index in [1.165, 1.54) is 4.57 Å². The van der Waals surface area contributed by atoms with Crippen LogP contribution in [0.4, 0.5) is 17.1 Å². The third kappa shape index (κ3) is 2.39. The van der Waals surface area contributed by atoms with Crippen molar-refractivity contribution in [2.75, 3.05) is 5.32 Å². The number of aromatic nitrogens is 1.